The van der Waals surface area contributed by atoms with E-state index < -0.39 is 0 Å². The summed E-state index contributed by atoms with van der Waals surface area (Å²) >= 11 is 2.71. The van der Waals surface area contributed by atoms with Crippen LogP contribution in [-0.4, -0.2) is 32.2 Å². The molecule has 6 nitrogen and oxygen atoms in total. The van der Waals surface area contributed by atoms with Crippen LogP contribution < -0.4 is 10.9 Å². The zero-order valence-corrected chi connectivity index (χ0v) is 20.2. The topological polar surface area (TPSA) is 76.9 Å². The van der Waals surface area contributed by atoms with Crippen molar-refractivity contribution >= 4 is 49.4 Å². The van der Waals surface area contributed by atoms with Gasteiger partial charge in [-0.1, -0.05) is 55.8 Å². The third-order valence-electron chi connectivity index (χ3n) is 6.14. The molecule has 1 aromatic carbocycles. The molecule has 170 valence electrons. The van der Waals surface area contributed by atoms with Crippen molar-refractivity contribution in [1.82, 2.24) is 19.9 Å². The average Bonchev–Trinajstić information content (AvgIpc) is 3.48. The van der Waals surface area contributed by atoms with E-state index in [1.54, 1.807) is 10.8 Å². The number of amides is 1. The number of benzene rings is 1. The first-order chi connectivity index (χ1) is 16.1. The number of nitrogens with one attached hydrogen (secondary N) is 1. The molecule has 1 saturated carbocycles. The first-order valence-corrected chi connectivity index (χ1v) is 13.2. The minimum absolute atomic E-state index is 0.00284. The van der Waals surface area contributed by atoms with E-state index in [2.05, 4.69) is 41.5 Å². The van der Waals surface area contributed by atoms with Gasteiger partial charge in [0.1, 0.15) is 9.53 Å². The van der Waals surface area contributed by atoms with Crippen LogP contribution in [0.5, 0.6) is 0 Å². The summed E-state index contributed by atoms with van der Waals surface area (Å²) in [7, 11) is 0. The quantitative estimate of drug-likeness (QED) is 0.306. The Kier molecular flexibility index (Phi) is 6.46. The second kappa shape index (κ2) is 9.65. The van der Waals surface area contributed by atoms with Crippen molar-refractivity contribution in [2.75, 3.05) is 5.75 Å². The lowest BCUT2D eigenvalue weighted by Gasteiger charge is -2.14. The van der Waals surface area contributed by atoms with Crippen LogP contribution in [0.2, 0.25) is 0 Å². The van der Waals surface area contributed by atoms with Crippen molar-refractivity contribution in [3.05, 3.63) is 64.1 Å². The highest BCUT2D eigenvalue weighted by Gasteiger charge is 2.20. The van der Waals surface area contributed by atoms with Crippen molar-refractivity contribution < 1.29 is 4.79 Å². The molecule has 0 unspecified atom stereocenters. The van der Waals surface area contributed by atoms with Gasteiger partial charge in [-0.3, -0.25) is 14.2 Å². The van der Waals surface area contributed by atoms with Crippen molar-refractivity contribution in [1.29, 1.82) is 0 Å². The van der Waals surface area contributed by atoms with Gasteiger partial charge in [0, 0.05) is 17.6 Å². The number of hydrogen-bond acceptors (Lipinski definition) is 6. The van der Waals surface area contributed by atoms with Crippen LogP contribution in [-0.2, 0) is 17.8 Å². The van der Waals surface area contributed by atoms with Crippen molar-refractivity contribution in [2.24, 2.45) is 0 Å². The molecule has 5 rings (SSSR count). The number of rotatable bonds is 7. The van der Waals surface area contributed by atoms with Crippen LogP contribution in [0.25, 0.3) is 20.4 Å². The third-order valence-corrected chi connectivity index (χ3v) is 8.21. The number of thioether (sulfide) groups is 1. The highest BCUT2D eigenvalue weighted by atomic mass is 32.2. The third kappa shape index (κ3) is 4.68. The number of hydrogen-bond donors (Lipinski definition) is 1. The van der Waals surface area contributed by atoms with Crippen LogP contribution >= 0.6 is 23.1 Å². The highest BCUT2D eigenvalue weighted by molar-refractivity contribution is 7.99. The predicted octanol–water partition coefficient (Wildman–Crippen LogP) is 4.77. The van der Waals surface area contributed by atoms with Crippen LogP contribution in [0.3, 0.4) is 0 Å². The van der Waals surface area contributed by atoms with Gasteiger partial charge >= 0.3 is 0 Å². The smallest absolute Gasteiger partial charge is 0.272 e. The Morgan fingerprint density at radius 2 is 1.94 bits per heavy atom. The molecule has 0 atom stereocenters. The van der Waals surface area contributed by atoms with E-state index in [9.17, 15) is 9.59 Å². The van der Waals surface area contributed by atoms with Gasteiger partial charge in [0.05, 0.1) is 17.8 Å². The number of aromatic nitrogens is 3. The standard InChI is InChI=1S/C25H26N4O2S2/c1-2-16-9-11-17(12-10-16)14-29-24(31)22-21(19-8-5-13-26-23(19)33-22)28-25(29)32-15-20(30)27-18-6-3-4-7-18/h5,8-13,18H,2-4,6-7,14-15H2,1H3,(H,27,30). The minimum Gasteiger partial charge on any atom is -0.353 e. The van der Waals surface area contributed by atoms with Gasteiger partial charge in [-0.05, 0) is 42.5 Å². The Morgan fingerprint density at radius 3 is 2.70 bits per heavy atom. The van der Waals surface area contributed by atoms with E-state index in [0.29, 0.717) is 21.9 Å². The molecule has 0 bridgehead atoms. The van der Waals surface area contributed by atoms with Crippen LogP contribution in [0.1, 0.15) is 43.7 Å². The minimum atomic E-state index is -0.0822. The van der Waals surface area contributed by atoms with Crippen molar-refractivity contribution in [2.45, 2.75) is 56.8 Å². The Balaban J connectivity index is 1.50. The van der Waals surface area contributed by atoms with Gasteiger partial charge in [0.25, 0.3) is 5.56 Å². The van der Waals surface area contributed by atoms with E-state index in [0.717, 1.165) is 35.0 Å². The number of aryl methyl sites for hydroxylation is 1. The summed E-state index contributed by atoms with van der Waals surface area (Å²) in [5.41, 5.74) is 2.88. The molecule has 3 heterocycles. The summed E-state index contributed by atoms with van der Waals surface area (Å²) in [5, 5.41) is 4.57. The van der Waals surface area contributed by atoms with E-state index in [1.807, 2.05) is 12.1 Å². The average molecular weight is 479 g/mol. The second-order valence-electron chi connectivity index (χ2n) is 8.43. The fourth-order valence-corrected chi connectivity index (χ4v) is 6.16. The first kappa shape index (κ1) is 22.1. The molecule has 33 heavy (non-hydrogen) atoms. The summed E-state index contributed by atoms with van der Waals surface area (Å²) in [6.07, 6.45) is 7.14. The van der Waals surface area contributed by atoms with Gasteiger partial charge in [0.2, 0.25) is 5.91 Å². The maximum atomic E-state index is 13.6. The molecule has 0 radical (unpaired) electrons. The number of carbonyl (C=O) groups is 1. The van der Waals surface area contributed by atoms with Gasteiger partial charge in [-0.2, -0.15) is 0 Å². The lowest BCUT2D eigenvalue weighted by Crippen LogP contribution is -2.34. The Bertz CT molecular complexity index is 1350. The molecule has 1 fully saturated rings. The predicted molar refractivity (Wildman–Crippen MR) is 135 cm³/mol. The molecular weight excluding hydrogens is 452 g/mol. The lowest BCUT2D eigenvalue weighted by molar-refractivity contribution is -0.119. The Morgan fingerprint density at radius 1 is 1.18 bits per heavy atom. The van der Waals surface area contributed by atoms with E-state index in [-0.39, 0.29) is 23.3 Å². The SMILES string of the molecule is CCc1ccc(Cn2c(SCC(=O)NC3CCCC3)nc3c(sc4ncccc43)c2=O)cc1. The lowest BCUT2D eigenvalue weighted by atomic mass is 10.1. The fourth-order valence-electron chi connectivity index (χ4n) is 4.32. The van der Waals surface area contributed by atoms with E-state index >= 15 is 0 Å². The van der Waals surface area contributed by atoms with Crippen molar-refractivity contribution in [3.63, 3.8) is 0 Å². The van der Waals surface area contributed by atoms with E-state index in [4.69, 9.17) is 4.98 Å². The Labute approximate surface area is 200 Å². The Hall–Kier alpha value is -2.71. The van der Waals surface area contributed by atoms with Gasteiger partial charge in [-0.25, -0.2) is 9.97 Å². The monoisotopic (exact) mass is 478 g/mol. The largest absolute Gasteiger partial charge is 0.353 e. The molecule has 1 N–H and O–H groups in total. The second-order valence-corrected chi connectivity index (χ2v) is 10.4. The summed E-state index contributed by atoms with van der Waals surface area (Å²) in [4.78, 5) is 36.2. The zero-order valence-electron chi connectivity index (χ0n) is 18.5. The normalized spacial score (nSPS) is 14.3. The molecule has 1 amide bonds. The molecule has 0 spiro atoms. The molecule has 1 aliphatic carbocycles. The van der Waals surface area contributed by atoms with Crippen LogP contribution in [0, 0.1) is 0 Å². The summed E-state index contributed by atoms with van der Waals surface area (Å²) in [6.45, 7) is 2.54. The molecule has 4 aromatic rings. The molecule has 3 aromatic heterocycles. The molecule has 1 aliphatic rings. The molecule has 8 heteroatoms. The fraction of sp³-hybridized carbons (Fsp3) is 0.360. The number of pyridine rings is 1. The number of nitrogens with zero attached hydrogens (tertiary/aromatic N) is 3. The van der Waals surface area contributed by atoms with Crippen LogP contribution in [0.15, 0.2) is 52.5 Å². The highest BCUT2D eigenvalue weighted by Crippen LogP contribution is 2.30. The summed E-state index contributed by atoms with van der Waals surface area (Å²) < 4.78 is 2.31. The summed E-state index contributed by atoms with van der Waals surface area (Å²) in [6, 6.07) is 12.4. The molecular formula is C25H26N4O2S2. The maximum absolute atomic E-state index is 13.6. The summed E-state index contributed by atoms with van der Waals surface area (Å²) in [5.74, 6) is 0.237. The molecule has 0 saturated heterocycles. The first-order valence-electron chi connectivity index (χ1n) is 11.4. The van der Waals surface area contributed by atoms with Crippen LogP contribution in [0.4, 0.5) is 0 Å². The number of fused-ring (bicyclic) bond motifs is 3. The van der Waals surface area contributed by atoms with Gasteiger partial charge in [-0.15, -0.1) is 11.3 Å². The number of carbonyl (C=O) groups excluding carboxylic acids is 1. The maximum Gasteiger partial charge on any atom is 0.272 e. The zero-order chi connectivity index (χ0) is 22.8. The van der Waals surface area contributed by atoms with E-state index in [1.165, 1.54) is 41.5 Å². The van der Waals surface area contributed by atoms with Crippen molar-refractivity contribution in [3.8, 4) is 0 Å². The molecule has 0 aliphatic heterocycles. The van der Waals surface area contributed by atoms with Gasteiger partial charge in [0.15, 0.2) is 5.16 Å². The number of thiophene rings is 1. The van der Waals surface area contributed by atoms with Gasteiger partial charge < -0.3 is 5.32 Å².